The molecule has 1 aromatic carbocycles. The number of hydrogen-bond acceptors (Lipinski definition) is 2. The first-order valence-corrected chi connectivity index (χ1v) is 5.19. The molecular weight excluding hydrogens is 243 g/mol. The Morgan fingerprint density at radius 3 is 2.33 bits per heavy atom. The van der Waals surface area contributed by atoms with Gasteiger partial charge in [-0.05, 0) is 6.07 Å². The maximum Gasteiger partial charge on any atom is 0.418 e. The van der Waals surface area contributed by atoms with Gasteiger partial charge < -0.3 is 4.74 Å². The number of halogens is 3. The van der Waals surface area contributed by atoms with Crippen LogP contribution in [0.3, 0.4) is 0 Å². The number of aromatic nitrogens is 1. The normalized spacial score (nSPS) is 11.3. The number of ether oxygens (including phenoxy) is 1. The molecule has 0 N–H and O–H groups in total. The lowest BCUT2D eigenvalue weighted by Gasteiger charge is -2.11. The van der Waals surface area contributed by atoms with Gasteiger partial charge in [-0.15, -0.1) is 0 Å². The molecule has 2 rings (SSSR count). The summed E-state index contributed by atoms with van der Waals surface area (Å²) >= 11 is 0. The summed E-state index contributed by atoms with van der Waals surface area (Å²) in [7, 11) is 1.32. The van der Waals surface area contributed by atoms with Crippen molar-refractivity contribution in [2.24, 2.45) is 0 Å². The number of rotatable bonds is 2. The van der Waals surface area contributed by atoms with E-state index in [0.717, 1.165) is 12.3 Å². The smallest absolute Gasteiger partial charge is 0.418 e. The lowest BCUT2D eigenvalue weighted by atomic mass is 10.1. The van der Waals surface area contributed by atoms with Crippen LogP contribution in [0.15, 0.2) is 42.6 Å². The zero-order chi connectivity index (χ0) is 13.2. The van der Waals surface area contributed by atoms with Gasteiger partial charge in [-0.2, -0.15) is 13.2 Å². The highest BCUT2D eigenvalue weighted by Crippen LogP contribution is 2.35. The second-order valence-corrected chi connectivity index (χ2v) is 3.64. The second-order valence-electron chi connectivity index (χ2n) is 3.64. The van der Waals surface area contributed by atoms with Crippen LogP contribution in [0.2, 0.25) is 0 Å². The summed E-state index contributed by atoms with van der Waals surface area (Å²) in [4.78, 5) is 3.84. The van der Waals surface area contributed by atoms with E-state index in [1.165, 1.54) is 7.11 Å². The Labute approximate surface area is 102 Å². The quantitative estimate of drug-likeness (QED) is 0.812. The fourth-order valence-electron chi connectivity index (χ4n) is 1.57. The molecule has 0 atom stereocenters. The van der Waals surface area contributed by atoms with Crippen LogP contribution in [0.25, 0.3) is 11.3 Å². The second kappa shape index (κ2) is 4.68. The van der Waals surface area contributed by atoms with Crippen molar-refractivity contribution in [3.63, 3.8) is 0 Å². The number of alkyl halides is 3. The van der Waals surface area contributed by atoms with E-state index in [9.17, 15) is 13.2 Å². The van der Waals surface area contributed by atoms with Crippen LogP contribution >= 0.6 is 0 Å². The number of benzene rings is 1. The first kappa shape index (κ1) is 12.4. The molecule has 2 aromatic rings. The minimum absolute atomic E-state index is 0.107. The third kappa shape index (κ3) is 2.45. The third-order valence-corrected chi connectivity index (χ3v) is 2.45. The predicted molar refractivity (Wildman–Crippen MR) is 61.2 cm³/mol. The molecular formula is C13H10F3NO. The summed E-state index contributed by atoms with van der Waals surface area (Å²) < 4.78 is 42.6. The molecule has 0 radical (unpaired) electrons. The zero-order valence-electron chi connectivity index (χ0n) is 9.53. The van der Waals surface area contributed by atoms with Gasteiger partial charge in [0.15, 0.2) is 0 Å². The number of hydrogen-bond donors (Lipinski definition) is 0. The van der Waals surface area contributed by atoms with Crippen LogP contribution in [0.4, 0.5) is 13.2 Å². The zero-order valence-corrected chi connectivity index (χ0v) is 9.53. The van der Waals surface area contributed by atoms with E-state index in [1.807, 2.05) is 6.07 Å². The Bertz CT molecular complexity index is 538. The van der Waals surface area contributed by atoms with Crippen molar-refractivity contribution in [2.45, 2.75) is 6.18 Å². The Morgan fingerprint density at radius 1 is 1.11 bits per heavy atom. The van der Waals surface area contributed by atoms with E-state index in [1.54, 1.807) is 24.3 Å². The summed E-state index contributed by atoms with van der Waals surface area (Å²) in [5.41, 5.74) is 0.285. The summed E-state index contributed by atoms with van der Waals surface area (Å²) in [5.74, 6) is 0.107. The monoisotopic (exact) mass is 253 g/mol. The predicted octanol–water partition coefficient (Wildman–Crippen LogP) is 3.78. The van der Waals surface area contributed by atoms with E-state index in [4.69, 9.17) is 4.74 Å². The van der Waals surface area contributed by atoms with Crippen LogP contribution in [-0.4, -0.2) is 12.1 Å². The van der Waals surface area contributed by atoms with E-state index in [0.29, 0.717) is 11.3 Å². The molecule has 94 valence electrons. The van der Waals surface area contributed by atoms with Crippen molar-refractivity contribution in [1.82, 2.24) is 4.98 Å². The minimum Gasteiger partial charge on any atom is -0.494 e. The largest absolute Gasteiger partial charge is 0.494 e. The molecule has 0 aliphatic rings. The number of nitrogens with zero attached hydrogens (tertiary/aromatic N) is 1. The molecule has 18 heavy (non-hydrogen) atoms. The van der Waals surface area contributed by atoms with E-state index < -0.39 is 11.7 Å². The first-order chi connectivity index (χ1) is 8.52. The van der Waals surface area contributed by atoms with Crippen LogP contribution < -0.4 is 4.74 Å². The van der Waals surface area contributed by atoms with Crippen molar-refractivity contribution in [3.05, 3.63) is 48.2 Å². The molecule has 0 saturated heterocycles. The summed E-state index contributed by atoms with van der Waals surface area (Å²) in [6.07, 6.45) is -3.61. The lowest BCUT2D eigenvalue weighted by molar-refractivity contribution is -0.137. The van der Waals surface area contributed by atoms with E-state index in [2.05, 4.69) is 4.98 Å². The molecule has 0 saturated carbocycles. The highest BCUT2D eigenvalue weighted by Gasteiger charge is 2.32. The van der Waals surface area contributed by atoms with Crippen molar-refractivity contribution in [3.8, 4) is 17.0 Å². The van der Waals surface area contributed by atoms with Crippen molar-refractivity contribution in [1.29, 1.82) is 0 Å². The molecule has 1 heterocycles. The van der Waals surface area contributed by atoms with Gasteiger partial charge in [-0.1, -0.05) is 30.3 Å². The van der Waals surface area contributed by atoms with E-state index in [-0.39, 0.29) is 5.75 Å². The molecule has 0 spiro atoms. The fourth-order valence-corrected chi connectivity index (χ4v) is 1.57. The topological polar surface area (TPSA) is 22.1 Å². The Morgan fingerprint density at radius 2 is 1.78 bits per heavy atom. The Balaban J connectivity index is 2.51. The molecule has 0 fully saturated rings. The summed E-state index contributed by atoms with van der Waals surface area (Å²) in [5, 5.41) is 0. The van der Waals surface area contributed by atoms with Crippen LogP contribution in [0, 0.1) is 0 Å². The average molecular weight is 253 g/mol. The van der Waals surface area contributed by atoms with Gasteiger partial charge in [0.1, 0.15) is 11.4 Å². The minimum atomic E-state index is -4.42. The van der Waals surface area contributed by atoms with Crippen LogP contribution in [0.1, 0.15) is 5.56 Å². The fraction of sp³-hybridized carbons (Fsp3) is 0.154. The summed E-state index contributed by atoms with van der Waals surface area (Å²) in [6, 6.07) is 9.87. The average Bonchev–Trinajstić information content (AvgIpc) is 2.38. The maximum absolute atomic E-state index is 12.5. The van der Waals surface area contributed by atoms with Gasteiger partial charge in [-0.25, -0.2) is 0 Å². The molecule has 0 aliphatic carbocycles. The van der Waals surface area contributed by atoms with Crippen molar-refractivity contribution < 1.29 is 17.9 Å². The lowest BCUT2D eigenvalue weighted by Crippen LogP contribution is -2.06. The highest BCUT2D eigenvalue weighted by molar-refractivity contribution is 5.66. The van der Waals surface area contributed by atoms with E-state index >= 15 is 0 Å². The SMILES string of the molecule is COc1cc(C(F)(F)F)cnc1-c1ccccc1. The van der Waals surface area contributed by atoms with Crippen LogP contribution in [-0.2, 0) is 6.18 Å². The standard InChI is InChI=1S/C13H10F3NO/c1-18-11-7-10(13(14,15)16)8-17-12(11)9-5-3-2-4-6-9/h2-8H,1H3. The molecule has 2 nitrogen and oxygen atoms in total. The molecule has 5 heteroatoms. The third-order valence-electron chi connectivity index (χ3n) is 2.45. The molecule has 0 unspecified atom stereocenters. The molecule has 0 amide bonds. The molecule has 0 aliphatic heterocycles. The Hall–Kier alpha value is -2.04. The first-order valence-electron chi connectivity index (χ1n) is 5.19. The number of pyridine rings is 1. The van der Waals surface area contributed by atoms with Crippen LogP contribution in [0.5, 0.6) is 5.75 Å². The maximum atomic E-state index is 12.5. The van der Waals surface area contributed by atoms with Crippen molar-refractivity contribution >= 4 is 0 Å². The van der Waals surface area contributed by atoms with Gasteiger partial charge in [0, 0.05) is 11.8 Å². The van der Waals surface area contributed by atoms with Gasteiger partial charge >= 0.3 is 6.18 Å². The number of methoxy groups -OCH3 is 1. The van der Waals surface area contributed by atoms with Gasteiger partial charge in [0.2, 0.25) is 0 Å². The molecule has 1 aromatic heterocycles. The van der Waals surface area contributed by atoms with Crippen molar-refractivity contribution in [2.75, 3.05) is 7.11 Å². The van der Waals surface area contributed by atoms with Gasteiger partial charge in [-0.3, -0.25) is 4.98 Å². The Kier molecular flexibility index (Phi) is 3.23. The molecule has 0 bridgehead atoms. The van der Waals surface area contributed by atoms with Gasteiger partial charge in [0.05, 0.1) is 12.7 Å². The summed E-state index contributed by atoms with van der Waals surface area (Å²) in [6.45, 7) is 0. The van der Waals surface area contributed by atoms with Gasteiger partial charge in [0.25, 0.3) is 0 Å². The highest BCUT2D eigenvalue weighted by atomic mass is 19.4.